The number of nitrogens with two attached hydrogens (primary N) is 1. The number of aromatic hydroxyl groups is 1. The lowest BCUT2D eigenvalue weighted by Gasteiger charge is -2.52. The fourth-order valence-electron chi connectivity index (χ4n) is 8.12. The molecule has 1 amide bonds. The Labute approximate surface area is 261 Å². The van der Waals surface area contributed by atoms with E-state index in [-0.39, 0.29) is 11.3 Å². The number of hydrogen-bond donors (Lipinski definition) is 6. The van der Waals surface area contributed by atoms with Crippen LogP contribution in [0, 0.1) is 30.1 Å². The number of phenols is 1. The molecular weight excluding hydrogens is 576 g/mol. The molecule has 5 atom stereocenters. The molecule has 7 N–H and O–H groups in total. The van der Waals surface area contributed by atoms with E-state index in [9.17, 15) is 39.9 Å². The normalized spacial score (nSPS) is 31.5. The van der Waals surface area contributed by atoms with Crippen LogP contribution in [-0.2, 0) is 27.2 Å². The second-order valence-electron chi connectivity index (χ2n) is 13.2. The van der Waals surface area contributed by atoms with Crippen LogP contribution in [-0.4, -0.2) is 79.7 Å². The van der Waals surface area contributed by atoms with Crippen molar-refractivity contribution in [2.75, 3.05) is 14.1 Å². The third-order valence-corrected chi connectivity index (χ3v) is 10.4. The molecule has 0 aromatic heterocycles. The fraction of sp³-hybridized carbons (Fsp3) is 0.429. The Balaban J connectivity index is 1.31. The number of hydrogen-bond acceptors (Lipinski definition) is 9. The van der Waals surface area contributed by atoms with Crippen LogP contribution in [0.1, 0.15) is 47.9 Å². The van der Waals surface area contributed by atoms with Gasteiger partial charge < -0.3 is 31.3 Å². The maximum absolute atomic E-state index is 14.1. The first kappa shape index (κ1) is 31.0. The average molecular weight is 616 g/mol. The third kappa shape index (κ3) is 4.86. The van der Waals surface area contributed by atoms with Gasteiger partial charge in [-0.2, -0.15) is 0 Å². The number of Topliss-reactive ketones (excluding diaryl/α,β-unsaturated/α-hetero) is 2. The zero-order chi connectivity index (χ0) is 32.4. The molecular formula is C35H39N2O8. The molecule has 0 heterocycles. The number of fused-ring (bicyclic) bond motifs is 3. The molecule has 4 aliphatic carbocycles. The van der Waals surface area contributed by atoms with Crippen LogP contribution in [0.15, 0.2) is 59.4 Å². The summed E-state index contributed by atoms with van der Waals surface area (Å²) in [5, 5.41) is 57.3. The largest absolute Gasteiger partial charge is 0.508 e. The van der Waals surface area contributed by atoms with Gasteiger partial charge in [0.2, 0.25) is 5.78 Å². The molecule has 237 valence electrons. The van der Waals surface area contributed by atoms with E-state index in [4.69, 9.17) is 5.73 Å². The van der Waals surface area contributed by atoms with Crippen molar-refractivity contribution in [2.45, 2.75) is 56.3 Å². The number of aliphatic hydroxyl groups is 4. The summed E-state index contributed by atoms with van der Waals surface area (Å²) in [6.07, 6.45) is 5.63. The van der Waals surface area contributed by atoms with E-state index in [1.54, 1.807) is 12.1 Å². The zero-order valence-corrected chi connectivity index (χ0v) is 25.3. The summed E-state index contributed by atoms with van der Waals surface area (Å²) < 4.78 is 0. The quantitative estimate of drug-likeness (QED) is 0.266. The van der Waals surface area contributed by atoms with Gasteiger partial charge in [0.15, 0.2) is 11.4 Å². The van der Waals surface area contributed by atoms with Gasteiger partial charge in [-0.25, -0.2) is 0 Å². The first-order chi connectivity index (χ1) is 21.4. The van der Waals surface area contributed by atoms with Crippen LogP contribution in [0.4, 0.5) is 0 Å². The summed E-state index contributed by atoms with van der Waals surface area (Å²) in [5.74, 6) is -7.36. The molecule has 0 bridgehead atoms. The highest BCUT2D eigenvalue weighted by atomic mass is 16.4. The number of likely N-dealkylation sites (N-methyl/N-ethyl adjacent to an activating group) is 1. The minimum absolute atomic E-state index is 0.00578. The van der Waals surface area contributed by atoms with E-state index in [1.807, 2.05) is 6.07 Å². The van der Waals surface area contributed by atoms with Gasteiger partial charge in [0, 0.05) is 17.9 Å². The van der Waals surface area contributed by atoms with Gasteiger partial charge in [0.25, 0.3) is 5.91 Å². The predicted molar refractivity (Wildman–Crippen MR) is 165 cm³/mol. The summed E-state index contributed by atoms with van der Waals surface area (Å²) in [7, 11) is 2.94. The molecule has 6 rings (SSSR count). The molecule has 2 saturated carbocycles. The Morgan fingerprint density at radius 3 is 2.18 bits per heavy atom. The number of ketones is 2. The summed E-state index contributed by atoms with van der Waals surface area (Å²) in [6.45, 7) is 0. The second kappa shape index (κ2) is 11.4. The van der Waals surface area contributed by atoms with E-state index in [0.717, 1.165) is 32.1 Å². The second-order valence-corrected chi connectivity index (χ2v) is 13.2. The molecule has 2 aromatic rings. The number of carbonyl (C=O) groups excluding carboxylic acids is 3. The van der Waals surface area contributed by atoms with Gasteiger partial charge in [-0.05, 0) is 81.1 Å². The number of rotatable bonds is 6. The first-order valence-corrected chi connectivity index (χ1v) is 15.4. The maximum Gasteiger partial charge on any atom is 0.255 e. The SMILES string of the molecule is CN(C)[C@H]1C(=O)C(C(N)=O)=C(O)[C@]2(O)C(=O)C3=C(O)c4c(ccc(CC5CCC(Cc6ccccc6)CC5)c4O)[CH][C@@H]3[C@@H](O)[C@H]12. The van der Waals surface area contributed by atoms with Crippen molar-refractivity contribution in [2.24, 2.45) is 29.4 Å². The monoisotopic (exact) mass is 615 g/mol. The van der Waals surface area contributed by atoms with Crippen LogP contribution >= 0.6 is 0 Å². The summed E-state index contributed by atoms with van der Waals surface area (Å²) in [5.41, 5.74) is 3.39. The van der Waals surface area contributed by atoms with Crippen LogP contribution in [0.2, 0.25) is 0 Å². The Kier molecular flexibility index (Phi) is 7.87. The summed E-state index contributed by atoms with van der Waals surface area (Å²) in [6, 6.07) is 12.5. The van der Waals surface area contributed by atoms with Crippen molar-refractivity contribution in [1.82, 2.24) is 4.90 Å². The Morgan fingerprint density at radius 1 is 0.956 bits per heavy atom. The van der Waals surface area contributed by atoms with Crippen molar-refractivity contribution in [3.05, 3.63) is 88.0 Å². The number of nitrogens with zero attached hydrogens (tertiary/aromatic N) is 1. The highest BCUT2D eigenvalue weighted by Crippen LogP contribution is 2.53. The number of benzene rings is 2. The molecule has 4 aliphatic rings. The van der Waals surface area contributed by atoms with Crippen LogP contribution in [0.3, 0.4) is 0 Å². The van der Waals surface area contributed by atoms with Crippen molar-refractivity contribution < 1.29 is 39.9 Å². The lowest BCUT2D eigenvalue weighted by molar-refractivity contribution is -0.167. The average Bonchev–Trinajstić information content (AvgIpc) is 3.00. The van der Waals surface area contributed by atoms with E-state index < -0.39 is 69.7 Å². The van der Waals surface area contributed by atoms with Crippen LogP contribution < -0.4 is 5.73 Å². The molecule has 2 aromatic carbocycles. The van der Waals surface area contributed by atoms with Crippen LogP contribution in [0.5, 0.6) is 5.75 Å². The molecule has 10 nitrogen and oxygen atoms in total. The number of phenolic OH excluding ortho intramolecular Hbond substituents is 1. The smallest absolute Gasteiger partial charge is 0.255 e. The van der Waals surface area contributed by atoms with Crippen molar-refractivity contribution in [3.8, 4) is 5.75 Å². The van der Waals surface area contributed by atoms with Crippen molar-refractivity contribution in [1.29, 1.82) is 0 Å². The molecule has 10 heteroatoms. The number of carbonyl (C=O) groups is 3. The molecule has 2 fully saturated rings. The van der Waals surface area contributed by atoms with E-state index in [0.29, 0.717) is 29.4 Å². The lowest BCUT2D eigenvalue weighted by atomic mass is 9.56. The Bertz CT molecular complexity index is 1620. The number of primary amides is 1. The summed E-state index contributed by atoms with van der Waals surface area (Å²) in [4.78, 5) is 40.8. The summed E-state index contributed by atoms with van der Waals surface area (Å²) >= 11 is 0. The minimum atomic E-state index is -2.93. The zero-order valence-electron chi connectivity index (χ0n) is 25.3. The van der Waals surface area contributed by atoms with E-state index >= 15 is 0 Å². The maximum atomic E-state index is 14.1. The van der Waals surface area contributed by atoms with Gasteiger partial charge in [-0.15, -0.1) is 0 Å². The highest BCUT2D eigenvalue weighted by Gasteiger charge is 2.67. The standard InChI is InChI=1S/C35H39N2O8/c1-37(2)27-26-29(39)22-16-20-12-13-21(15-19-10-8-18(9-11-19)14-17-6-4-3-5-7-17)28(38)23(20)30(40)24(22)32(42)35(26,45)33(43)25(31(27)41)34(36)44/h3-7,12-13,16,18-19,22,26-27,29,38-40,43,45H,8-11,14-15H2,1-2H3,(H2,36,44)/t18?,19?,22-,26-,27+,29+,35+/m0/s1. The Morgan fingerprint density at radius 2 is 1.58 bits per heavy atom. The van der Waals surface area contributed by atoms with E-state index in [2.05, 4.69) is 24.3 Å². The number of aliphatic hydroxyl groups excluding tert-OH is 3. The first-order valence-electron chi connectivity index (χ1n) is 15.4. The molecule has 0 saturated heterocycles. The van der Waals surface area contributed by atoms with Crippen molar-refractivity contribution in [3.63, 3.8) is 0 Å². The fourth-order valence-corrected chi connectivity index (χ4v) is 8.12. The van der Waals surface area contributed by atoms with Gasteiger partial charge in [-0.3, -0.25) is 19.3 Å². The van der Waals surface area contributed by atoms with Gasteiger partial charge in [-0.1, -0.05) is 42.5 Å². The molecule has 0 unspecified atom stereocenters. The van der Waals surface area contributed by atoms with Gasteiger partial charge in [0.05, 0.1) is 23.6 Å². The predicted octanol–water partition coefficient (Wildman–Crippen LogP) is 2.54. The van der Waals surface area contributed by atoms with Gasteiger partial charge in [0.1, 0.15) is 22.8 Å². The Hall–Kier alpha value is -3.99. The van der Waals surface area contributed by atoms with Gasteiger partial charge >= 0.3 is 0 Å². The highest BCUT2D eigenvalue weighted by molar-refractivity contribution is 6.24. The molecule has 1 radical (unpaired) electrons. The van der Waals surface area contributed by atoms with Crippen molar-refractivity contribution >= 4 is 23.2 Å². The molecule has 45 heavy (non-hydrogen) atoms. The van der Waals surface area contributed by atoms with Crippen LogP contribution in [0.25, 0.3) is 5.76 Å². The lowest BCUT2D eigenvalue weighted by Crippen LogP contribution is -2.70. The van der Waals surface area contributed by atoms with E-state index in [1.165, 1.54) is 31.0 Å². The third-order valence-electron chi connectivity index (χ3n) is 10.4. The number of amides is 1. The topological polar surface area (TPSA) is 182 Å². The molecule has 0 aliphatic heterocycles. The minimum Gasteiger partial charge on any atom is -0.508 e. The molecule has 0 spiro atoms.